The van der Waals surface area contributed by atoms with Gasteiger partial charge >= 0.3 is 0 Å². The minimum Gasteiger partial charge on any atom is -0.375 e. The maximum absolute atomic E-state index is 13.9. The highest BCUT2D eigenvalue weighted by Crippen LogP contribution is 2.24. The molecule has 8 heteroatoms. The minimum absolute atomic E-state index is 0.0468. The van der Waals surface area contributed by atoms with Crippen LogP contribution in [-0.4, -0.2) is 57.1 Å². The quantitative estimate of drug-likeness (QED) is 0.789. The average molecular weight is 350 g/mol. The van der Waals surface area contributed by atoms with Gasteiger partial charge in [0.25, 0.3) is 0 Å². The van der Waals surface area contributed by atoms with Crippen molar-refractivity contribution in [2.75, 3.05) is 25.4 Å². The van der Waals surface area contributed by atoms with Crippen molar-refractivity contribution in [1.82, 2.24) is 19.7 Å². The Labute approximate surface area is 144 Å². The van der Waals surface area contributed by atoms with Gasteiger partial charge in [0, 0.05) is 20.1 Å². The standard InChI is InChI=1S/C16H19FN4O2S/c1-11-9-21(7-8-23-11)14(22)10-24-16-19-18-15(20(16)2)12-5-3-4-6-13(12)17/h3-6,11H,7-10H2,1-2H3. The lowest BCUT2D eigenvalue weighted by Crippen LogP contribution is -2.45. The van der Waals surface area contributed by atoms with Gasteiger partial charge < -0.3 is 14.2 Å². The highest BCUT2D eigenvalue weighted by molar-refractivity contribution is 7.99. The van der Waals surface area contributed by atoms with E-state index in [0.29, 0.717) is 36.2 Å². The van der Waals surface area contributed by atoms with Crippen molar-refractivity contribution in [3.05, 3.63) is 30.1 Å². The van der Waals surface area contributed by atoms with Crippen molar-refractivity contribution in [1.29, 1.82) is 0 Å². The summed E-state index contributed by atoms with van der Waals surface area (Å²) in [4.78, 5) is 14.1. The van der Waals surface area contributed by atoms with Crippen molar-refractivity contribution in [2.24, 2.45) is 7.05 Å². The summed E-state index contributed by atoms with van der Waals surface area (Å²) < 4.78 is 21.0. The zero-order chi connectivity index (χ0) is 17.1. The molecule has 0 bridgehead atoms. The van der Waals surface area contributed by atoms with Gasteiger partial charge in [0.1, 0.15) is 5.82 Å². The zero-order valence-corrected chi connectivity index (χ0v) is 14.4. The molecule has 6 nitrogen and oxygen atoms in total. The fourth-order valence-electron chi connectivity index (χ4n) is 2.58. The summed E-state index contributed by atoms with van der Waals surface area (Å²) in [5, 5.41) is 8.72. The topological polar surface area (TPSA) is 60.2 Å². The Kier molecular flexibility index (Phi) is 5.15. The molecule has 1 atom stereocenters. The number of aromatic nitrogens is 3. The number of rotatable bonds is 4. The lowest BCUT2D eigenvalue weighted by atomic mass is 10.2. The third kappa shape index (κ3) is 3.59. The molecular formula is C16H19FN4O2S. The van der Waals surface area contributed by atoms with Crippen LogP contribution in [-0.2, 0) is 16.6 Å². The van der Waals surface area contributed by atoms with Gasteiger partial charge in [-0.3, -0.25) is 4.79 Å². The van der Waals surface area contributed by atoms with Gasteiger partial charge in [-0.25, -0.2) is 4.39 Å². The van der Waals surface area contributed by atoms with Crippen LogP contribution in [0.2, 0.25) is 0 Å². The molecule has 24 heavy (non-hydrogen) atoms. The number of hydrogen-bond acceptors (Lipinski definition) is 5. The zero-order valence-electron chi connectivity index (χ0n) is 13.6. The van der Waals surface area contributed by atoms with Crippen LogP contribution in [0.4, 0.5) is 4.39 Å². The first-order chi connectivity index (χ1) is 11.6. The molecule has 0 saturated carbocycles. The summed E-state index contributed by atoms with van der Waals surface area (Å²) in [6.07, 6.45) is 0.0650. The minimum atomic E-state index is -0.345. The molecule has 3 rings (SSSR count). The number of thioether (sulfide) groups is 1. The van der Waals surface area contributed by atoms with Gasteiger partial charge in [-0.1, -0.05) is 23.9 Å². The summed E-state index contributed by atoms with van der Waals surface area (Å²) in [6.45, 7) is 3.75. The van der Waals surface area contributed by atoms with E-state index in [1.165, 1.54) is 17.8 Å². The SMILES string of the molecule is CC1CN(C(=O)CSc2nnc(-c3ccccc3F)n2C)CCO1. The largest absolute Gasteiger partial charge is 0.375 e. The Balaban J connectivity index is 1.66. The first-order valence-corrected chi connectivity index (χ1v) is 8.71. The van der Waals surface area contributed by atoms with Crippen LogP contribution in [0.3, 0.4) is 0 Å². The van der Waals surface area contributed by atoms with E-state index in [9.17, 15) is 9.18 Å². The molecule has 1 aromatic carbocycles. The number of ether oxygens (including phenoxy) is 1. The second-order valence-electron chi connectivity index (χ2n) is 5.65. The van der Waals surface area contributed by atoms with Crippen molar-refractivity contribution < 1.29 is 13.9 Å². The molecule has 1 fully saturated rings. The Morgan fingerprint density at radius 2 is 2.21 bits per heavy atom. The van der Waals surface area contributed by atoms with E-state index in [-0.39, 0.29) is 23.6 Å². The van der Waals surface area contributed by atoms with Crippen molar-refractivity contribution in [2.45, 2.75) is 18.2 Å². The number of nitrogens with zero attached hydrogens (tertiary/aromatic N) is 4. The van der Waals surface area contributed by atoms with Gasteiger partial charge in [-0.2, -0.15) is 0 Å². The number of carbonyl (C=O) groups excluding carboxylic acids is 1. The molecule has 0 spiro atoms. The molecule has 1 aliphatic rings. The van der Waals surface area contributed by atoms with Crippen LogP contribution >= 0.6 is 11.8 Å². The van der Waals surface area contributed by atoms with Crippen molar-refractivity contribution in [3.8, 4) is 11.4 Å². The number of halogens is 1. The summed E-state index contributed by atoms with van der Waals surface area (Å²) >= 11 is 1.31. The molecule has 1 saturated heterocycles. The normalized spacial score (nSPS) is 18.0. The summed E-state index contributed by atoms with van der Waals surface area (Å²) in [7, 11) is 1.77. The second-order valence-corrected chi connectivity index (χ2v) is 6.60. The average Bonchev–Trinajstić information content (AvgIpc) is 2.94. The lowest BCUT2D eigenvalue weighted by Gasteiger charge is -2.31. The Hall–Kier alpha value is -1.93. The van der Waals surface area contributed by atoms with Crippen LogP contribution < -0.4 is 0 Å². The maximum atomic E-state index is 13.9. The van der Waals surface area contributed by atoms with E-state index in [2.05, 4.69) is 10.2 Å². The van der Waals surface area contributed by atoms with E-state index in [1.807, 2.05) is 6.92 Å². The highest BCUT2D eigenvalue weighted by Gasteiger charge is 2.22. The first-order valence-electron chi connectivity index (χ1n) is 7.72. The van der Waals surface area contributed by atoms with E-state index in [0.717, 1.165) is 0 Å². The smallest absolute Gasteiger partial charge is 0.233 e. The summed E-state index contributed by atoms with van der Waals surface area (Å²) in [6, 6.07) is 6.43. The van der Waals surface area contributed by atoms with Gasteiger partial charge in [-0.15, -0.1) is 10.2 Å². The van der Waals surface area contributed by atoms with Crippen LogP contribution in [0.15, 0.2) is 29.4 Å². The van der Waals surface area contributed by atoms with Crippen molar-refractivity contribution in [3.63, 3.8) is 0 Å². The van der Waals surface area contributed by atoms with Crippen LogP contribution in [0, 0.1) is 5.82 Å². The third-order valence-electron chi connectivity index (χ3n) is 3.87. The monoisotopic (exact) mass is 350 g/mol. The number of morpholine rings is 1. The van der Waals surface area contributed by atoms with Gasteiger partial charge in [0.05, 0.1) is 24.0 Å². The molecule has 1 aliphatic heterocycles. The molecule has 0 N–H and O–H groups in total. The van der Waals surface area contributed by atoms with Crippen LogP contribution in [0.25, 0.3) is 11.4 Å². The Bertz CT molecular complexity index is 737. The fraction of sp³-hybridized carbons (Fsp3) is 0.438. The summed E-state index contributed by atoms with van der Waals surface area (Å²) in [5.74, 6) is 0.423. The predicted molar refractivity (Wildman–Crippen MR) is 89.1 cm³/mol. The lowest BCUT2D eigenvalue weighted by molar-refractivity contribution is -0.135. The molecule has 1 amide bonds. The molecular weight excluding hydrogens is 331 g/mol. The summed E-state index contributed by atoms with van der Waals surface area (Å²) in [5.41, 5.74) is 0.396. The molecule has 0 aliphatic carbocycles. The van der Waals surface area contributed by atoms with Crippen LogP contribution in [0.1, 0.15) is 6.92 Å². The number of benzene rings is 1. The molecule has 1 unspecified atom stereocenters. The van der Waals surface area contributed by atoms with Crippen molar-refractivity contribution >= 4 is 17.7 Å². The highest BCUT2D eigenvalue weighted by atomic mass is 32.2. The molecule has 128 valence electrons. The maximum Gasteiger partial charge on any atom is 0.233 e. The first kappa shape index (κ1) is 16.9. The number of carbonyl (C=O) groups is 1. The van der Waals surface area contributed by atoms with Gasteiger partial charge in [0.2, 0.25) is 5.91 Å². The Morgan fingerprint density at radius 1 is 1.42 bits per heavy atom. The van der Waals surface area contributed by atoms with E-state index >= 15 is 0 Å². The predicted octanol–water partition coefficient (Wildman–Crippen LogP) is 1.96. The third-order valence-corrected chi connectivity index (χ3v) is 4.87. The van der Waals surface area contributed by atoms with Gasteiger partial charge in [0.15, 0.2) is 11.0 Å². The number of amides is 1. The molecule has 1 aromatic heterocycles. The molecule has 0 radical (unpaired) electrons. The van der Waals surface area contributed by atoms with E-state index in [1.54, 1.807) is 34.7 Å². The van der Waals surface area contributed by atoms with Gasteiger partial charge in [-0.05, 0) is 19.1 Å². The Morgan fingerprint density at radius 3 is 2.96 bits per heavy atom. The number of hydrogen-bond donors (Lipinski definition) is 0. The van der Waals surface area contributed by atoms with E-state index in [4.69, 9.17) is 4.74 Å². The fourth-order valence-corrected chi connectivity index (χ4v) is 3.39. The molecule has 2 heterocycles. The second kappa shape index (κ2) is 7.31. The molecule has 2 aromatic rings. The van der Waals surface area contributed by atoms with Crippen LogP contribution in [0.5, 0.6) is 0 Å². The van der Waals surface area contributed by atoms with E-state index < -0.39 is 0 Å².